The van der Waals surface area contributed by atoms with Crippen molar-refractivity contribution in [1.29, 1.82) is 0 Å². The Kier molecular flexibility index (Phi) is 6.91. The van der Waals surface area contributed by atoms with Gasteiger partial charge in [-0.05, 0) is 63.4 Å². The molecule has 0 fully saturated rings. The Balaban J connectivity index is 1.55. The van der Waals surface area contributed by atoms with E-state index in [0.717, 1.165) is 22.6 Å². The number of aryl methyl sites for hydroxylation is 2. The summed E-state index contributed by atoms with van der Waals surface area (Å²) in [6, 6.07) is 14.3. The molecule has 0 spiro atoms. The van der Waals surface area contributed by atoms with Gasteiger partial charge in [-0.1, -0.05) is 31.5 Å². The first-order valence-electron chi connectivity index (χ1n) is 11.6. The van der Waals surface area contributed by atoms with Gasteiger partial charge in [-0.3, -0.25) is 0 Å². The zero-order valence-corrected chi connectivity index (χ0v) is 21.5. The average molecular weight is 494 g/mol. The van der Waals surface area contributed by atoms with Gasteiger partial charge in [0.1, 0.15) is 12.4 Å². The Morgan fingerprint density at radius 1 is 1.03 bits per heavy atom. The van der Waals surface area contributed by atoms with Crippen molar-refractivity contribution in [3.05, 3.63) is 72.2 Å². The Morgan fingerprint density at radius 3 is 2.46 bits per heavy atom. The van der Waals surface area contributed by atoms with Gasteiger partial charge in [-0.2, -0.15) is 5.10 Å². The van der Waals surface area contributed by atoms with Crippen LogP contribution in [0.5, 0.6) is 5.75 Å². The highest BCUT2D eigenvalue weighted by molar-refractivity contribution is 7.89. The van der Waals surface area contributed by atoms with Crippen LogP contribution in [0.4, 0.5) is 0 Å². The number of pyridine rings is 1. The highest BCUT2D eigenvalue weighted by atomic mass is 32.2. The lowest BCUT2D eigenvalue weighted by Gasteiger charge is -2.32. The number of sulfonamides is 1. The van der Waals surface area contributed by atoms with Gasteiger partial charge in [0.15, 0.2) is 5.65 Å². The van der Waals surface area contributed by atoms with Gasteiger partial charge < -0.3 is 4.74 Å². The summed E-state index contributed by atoms with van der Waals surface area (Å²) < 4.78 is 37.0. The van der Waals surface area contributed by atoms with Crippen molar-refractivity contribution < 1.29 is 13.2 Å². The fourth-order valence-electron chi connectivity index (χ4n) is 4.24. The van der Waals surface area contributed by atoms with E-state index < -0.39 is 15.6 Å². The second-order valence-corrected chi connectivity index (χ2v) is 11.3. The van der Waals surface area contributed by atoms with Crippen LogP contribution in [-0.4, -0.2) is 40.1 Å². The summed E-state index contributed by atoms with van der Waals surface area (Å²) in [5.74, 6) is 0.859. The van der Waals surface area contributed by atoms with Crippen LogP contribution in [0.25, 0.3) is 17.0 Å². The minimum atomic E-state index is -3.71. The molecule has 1 unspecified atom stereocenters. The fourth-order valence-corrected chi connectivity index (χ4v) is 5.64. The molecule has 0 aliphatic carbocycles. The van der Waals surface area contributed by atoms with E-state index in [1.165, 1.54) is 0 Å². The highest BCUT2D eigenvalue weighted by Crippen LogP contribution is 2.26. The molecule has 3 heterocycles. The third kappa shape index (κ3) is 5.68. The standard InChI is InChI=1S/C26H31N5O3S/c1-18(2)16-26(5,30-35(32,33)21-8-6-19(3)7-9-21)17-34-24-11-10-22(29-20(24)4)23-12-14-27-25-13-15-28-31(23)25/h6-15,18,30H,16-17H2,1-5H3. The predicted molar refractivity (Wildman–Crippen MR) is 136 cm³/mol. The Hall–Kier alpha value is -3.30. The monoisotopic (exact) mass is 493 g/mol. The van der Waals surface area contributed by atoms with Crippen LogP contribution >= 0.6 is 0 Å². The largest absolute Gasteiger partial charge is 0.490 e. The topological polar surface area (TPSA) is 98.5 Å². The molecule has 0 amide bonds. The van der Waals surface area contributed by atoms with E-state index in [9.17, 15) is 8.42 Å². The molecule has 8 nitrogen and oxygen atoms in total. The minimum Gasteiger partial charge on any atom is -0.490 e. The Labute approximate surface area is 206 Å². The van der Waals surface area contributed by atoms with Gasteiger partial charge >= 0.3 is 0 Å². The molecule has 9 heteroatoms. The molecule has 3 aromatic heterocycles. The molecule has 0 aliphatic heterocycles. The number of nitrogens with one attached hydrogen (secondary N) is 1. The summed E-state index contributed by atoms with van der Waals surface area (Å²) in [5.41, 5.74) is 3.21. The van der Waals surface area contributed by atoms with Crippen molar-refractivity contribution >= 4 is 15.7 Å². The normalized spacial score (nSPS) is 13.8. The number of rotatable bonds is 9. The van der Waals surface area contributed by atoms with Gasteiger partial charge in [-0.25, -0.2) is 27.6 Å². The van der Waals surface area contributed by atoms with Gasteiger partial charge in [-0.15, -0.1) is 0 Å². The van der Waals surface area contributed by atoms with Crippen LogP contribution in [0, 0.1) is 19.8 Å². The van der Waals surface area contributed by atoms with Gasteiger partial charge in [0, 0.05) is 12.3 Å². The molecule has 184 valence electrons. The Bertz CT molecular complexity index is 1430. The molecule has 0 aliphatic rings. The molecule has 1 N–H and O–H groups in total. The number of hydrogen-bond donors (Lipinski definition) is 1. The summed E-state index contributed by atoms with van der Waals surface area (Å²) >= 11 is 0. The molecule has 4 aromatic rings. The van der Waals surface area contributed by atoms with Crippen molar-refractivity contribution in [3.8, 4) is 17.1 Å². The van der Waals surface area contributed by atoms with Crippen LogP contribution < -0.4 is 9.46 Å². The number of nitrogens with zero attached hydrogens (tertiary/aromatic N) is 4. The smallest absolute Gasteiger partial charge is 0.241 e. The van der Waals surface area contributed by atoms with E-state index in [-0.39, 0.29) is 17.4 Å². The van der Waals surface area contributed by atoms with Crippen molar-refractivity contribution in [2.24, 2.45) is 5.92 Å². The maximum absolute atomic E-state index is 13.1. The number of aromatic nitrogens is 4. The molecule has 4 rings (SSSR count). The molecular formula is C26H31N5O3S. The van der Waals surface area contributed by atoms with Crippen molar-refractivity contribution in [2.75, 3.05) is 6.61 Å². The van der Waals surface area contributed by atoms with E-state index in [1.54, 1.807) is 41.2 Å². The number of ether oxygens (including phenoxy) is 1. The third-order valence-corrected chi connectivity index (χ3v) is 7.36. The second kappa shape index (κ2) is 9.75. The second-order valence-electron chi connectivity index (χ2n) is 9.58. The number of hydrogen-bond acceptors (Lipinski definition) is 6. The lowest BCUT2D eigenvalue weighted by Crippen LogP contribution is -2.51. The predicted octanol–water partition coefficient (Wildman–Crippen LogP) is 4.57. The average Bonchev–Trinajstić information content (AvgIpc) is 3.26. The SMILES string of the molecule is Cc1ccc(S(=O)(=O)NC(C)(COc2ccc(-c3ccnc4ccnn34)nc2C)CC(C)C)cc1. The van der Waals surface area contributed by atoms with Gasteiger partial charge in [0.25, 0.3) is 0 Å². The molecular weight excluding hydrogens is 462 g/mol. The summed E-state index contributed by atoms with van der Waals surface area (Å²) in [5, 5.41) is 4.32. The fraction of sp³-hybridized carbons (Fsp3) is 0.346. The number of benzene rings is 1. The van der Waals surface area contributed by atoms with Crippen LogP contribution in [0.3, 0.4) is 0 Å². The summed E-state index contributed by atoms with van der Waals surface area (Å²) in [4.78, 5) is 9.25. The first-order chi connectivity index (χ1) is 16.6. The molecule has 0 saturated carbocycles. The summed E-state index contributed by atoms with van der Waals surface area (Å²) in [6.07, 6.45) is 4.03. The molecule has 0 saturated heterocycles. The van der Waals surface area contributed by atoms with Gasteiger partial charge in [0.05, 0.1) is 33.7 Å². The van der Waals surface area contributed by atoms with E-state index in [0.29, 0.717) is 17.9 Å². The van der Waals surface area contributed by atoms with Crippen molar-refractivity contribution in [1.82, 2.24) is 24.3 Å². The highest BCUT2D eigenvalue weighted by Gasteiger charge is 2.32. The van der Waals surface area contributed by atoms with E-state index in [2.05, 4.69) is 28.7 Å². The van der Waals surface area contributed by atoms with E-state index >= 15 is 0 Å². The molecule has 35 heavy (non-hydrogen) atoms. The van der Waals surface area contributed by atoms with Crippen LogP contribution in [0.1, 0.15) is 38.4 Å². The van der Waals surface area contributed by atoms with E-state index in [4.69, 9.17) is 9.72 Å². The maximum atomic E-state index is 13.1. The summed E-state index contributed by atoms with van der Waals surface area (Å²) in [7, 11) is -3.71. The summed E-state index contributed by atoms with van der Waals surface area (Å²) in [6.45, 7) is 9.96. The van der Waals surface area contributed by atoms with E-state index in [1.807, 2.05) is 45.0 Å². The van der Waals surface area contributed by atoms with Crippen molar-refractivity contribution in [3.63, 3.8) is 0 Å². The third-order valence-electron chi connectivity index (χ3n) is 5.71. The van der Waals surface area contributed by atoms with Crippen LogP contribution in [0.2, 0.25) is 0 Å². The minimum absolute atomic E-state index is 0.163. The lowest BCUT2D eigenvalue weighted by molar-refractivity contribution is 0.190. The quantitative estimate of drug-likeness (QED) is 0.367. The van der Waals surface area contributed by atoms with Crippen LogP contribution in [0.15, 0.2) is 65.8 Å². The molecule has 0 bridgehead atoms. The van der Waals surface area contributed by atoms with Gasteiger partial charge in [0.2, 0.25) is 10.0 Å². The van der Waals surface area contributed by atoms with Crippen LogP contribution in [-0.2, 0) is 10.0 Å². The molecule has 1 aromatic carbocycles. The first-order valence-corrected chi connectivity index (χ1v) is 13.0. The first kappa shape index (κ1) is 24.8. The molecule has 1 atom stereocenters. The Morgan fingerprint density at radius 2 is 1.77 bits per heavy atom. The maximum Gasteiger partial charge on any atom is 0.241 e. The zero-order valence-electron chi connectivity index (χ0n) is 20.7. The number of fused-ring (bicyclic) bond motifs is 1. The van der Waals surface area contributed by atoms with Crippen molar-refractivity contribution in [2.45, 2.75) is 51.5 Å². The molecule has 0 radical (unpaired) electrons. The zero-order chi connectivity index (χ0) is 25.2. The lowest BCUT2D eigenvalue weighted by atomic mass is 9.93.